The number of piperidine rings is 1. The minimum absolute atomic E-state index is 0.274. The van der Waals surface area contributed by atoms with E-state index in [1.165, 1.54) is 12.8 Å². The van der Waals surface area contributed by atoms with Crippen LogP contribution in [0.5, 0.6) is 5.75 Å². The van der Waals surface area contributed by atoms with E-state index in [4.69, 9.17) is 4.74 Å². The second kappa shape index (κ2) is 5.57. The lowest BCUT2D eigenvalue weighted by atomic mass is 9.93. The Balaban J connectivity index is 1.73. The SMILES string of the molecule is CC(Oc1ccc2ncccc2c1)C1CCNCC1. The quantitative estimate of drug-likeness (QED) is 0.916. The lowest BCUT2D eigenvalue weighted by Crippen LogP contribution is -2.35. The number of nitrogens with one attached hydrogen (secondary N) is 1. The summed E-state index contributed by atoms with van der Waals surface area (Å²) >= 11 is 0. The zero-order valence-corrected chi connectivity index (χ0v) is 11.3. The van der Waals surface area contributed by atoms with E-state index in [1.807, 2.05) is 24.4 Å². The fraction of sp³-hybridized carbons (Fsp3) is 0.438. The van der Waals surface area contributed by atoms with Crippen molar-refractivity contribution < 1.29 is 4.74 Å². The van der Waals surface area contributed by atoms with Crippen LogP contribution in [0.15, 0.2) is 36.5 Å². The average molecular weight is 256 g/mol. The van der Waals surface area contributed by atoms with Crippen LogP contribution in [0.4, 0.5) is 0 Å². The number of benzene rings is 1. The molecule has 100 valence electrons. The first-order valence-corrected chi connectivity index (χ1v) is 7.05. The lowest BCUT2D eigenvalue weighted by molar-refractivity contribution is 0.128. The van der Waals surface area contributed by atoms with Crippen LogP contribution in [-0.4, -0.2) is 24.2 Å². The molecule has 1 atom stereocenters. The van der Waals surface area contributed by atoms with E-state index in [0.29, 0.717) is 5.92 Å². The molecule has 1 aromatic carbocycles. The van der Waals surface area contributed by atoms with Crippen molar-refractivity contribution in [1.82, 2.24) is 10.3 Å². The molecule has 2 aromatic rings. The van der Waals surface area contributed by atoms with Gasteiger partial charge in [-0.1, -0.05) is 6.07 Å². The number of fused-ring (bicyclic) bond motifs is 1. The third kappa shape index (κ3) is 2.87. The summed E-state index contributed by atoms with van der Waals surface area (Å²) in [5.74, 6) is 1.61. The van der Waals surface area contributed by atoms with Crippen molar-refractivity contribution in [1.29, 1.82) is 0 Å². The molecular formula is C16H20N2O. The minimum atomic E-state index is 0.274. The highest BCUT2D eigenvalue weighted by atomic mass is 16.5. The third-order valence-corrected chi connectivity index (χ3v) is 3.94. The van der Waals surface area contributed by atoms with Gasteiger partial charge in [0, 0.05) is 11.6 Å². The van der Waals surface area contributed by atoms with Crippen LogP contribution >= 0.6 is 0 Å². The van der Waals surface area contributed by atoms with Gasteiger partial charge in [-0.3, -0.25) is 4.98 Å². The second-order valence-electron chi connectivity index (χ2n) is 5.27. The first-order valence-electron chi connectivity index (χ1n) is 7.05. The maximum absolute atomic E-state index is 6.11. The number of pyridine rings is 1. The molecule has 0 aliphatic carbocycles. The van der Waals surface area contributed by atoms with E-state index >= 15 is 0 Å². The smallest absolute Gasteiger partial charge is 0.120 e. The molecule has 0 amide bonds. The van der Waals surface area contributed by atoms with Gasteiger partial charge in [-0.25, -0.2) is 0 Å². The standard InChI is InChI=1S/C16H20N2O/c1-12(13-6-9-17-10-7-13)19-15-4-5-16-14(11-15)3-2-8-18-16/h2-5,8,11-13,17H,6-7,9-10H2,1H3. The zero-order chi connectivity index (χ0) is 13.1. The number of hydrogen-bond donors (Lipinski definition) is 1. The molecular weight excluding hydrogens is 236 g/mol. The Morgan fingerprint density at radius 1 is 1.26 bits per heavy atom. The minimum Gasteiger partial charge on any atom is -0.490 e. The average Bonchev–Trinajstić information content (AvgIpc) is 2.48. The molecule has 19 heavy (non-hydrogen) atoms. The highest BCUT2D eigenvalue weighted by Gasteiger charge is 2.21. The molecule has 3 heteroatoms. The van der Waals surface area contributed by atoms with Crippen molar-refractivity contribution in [2.24, 2.45) is 5.92 Å². The summed E-state index contributed by atoms with van der Waals surface area (Å²) in [6.07, 6.45) is 4.50. The van der Waals surface area contributed by atoms with Crippen LogP contribution in [0.25, 0.3) is 10.9 Å². The highest BCUT2D eigenvalue weighted by molar-refractivity contribution is 5.79. The monoisotopic (exact) mass is 256 g/mol. The van der Waals surface area contributed by atoms with Gasteiger partial charge in [-0.05, 0) is 63.0 Å². The summed E-state index contributed by atoms with van der Waals surface area (Å²) in [6, 6.07) is 10.2. The predicted octanol–water partition coefficient (Wildman–Crippen LogP) is 3.00. The highest BCUT2D eigenvalue weighted by Crippen LogP contribution is 2.24. The van der Waals surface area contributed by atoms with Gasteiger partial charge < -0.3 is 10.1 Å². The van der Waals surface area contributed by atoms with Gasteiger partial charge in [0.1, 0.15) is 5.75 Å². The Morgan fingerprint density at radius 3 is 2.95 bits per heavy atom. The van der Waals surface area contributed by atoms with Gasteiger partial charge >= 0.3 is 0 Å². The molecule has 1 aliphatic heterocycles. The van der Waals surface area contributed by atoms with E-state index in [9.17, 15) is 0 Å². The van der Waals surface area contributed by atoms with Gasteiger partial charge in [0.2, 0.25) is 0 Å². The van der Waals surface area contributed by atoms with Crippen molar-refractivity contribution in [3.8, 4) is 5.75 Å². The molecule has 3 rings (SSSR count). The van der Waals surface area contributed by atoms with Gasteiger partial charge in [-0.2, -0.15) is 0 Å². The topological polar surface area (TPSA) is 34.1 Å². The molecule has 1 aromatic heterocycles. The molecule has 1 N–H and O–H groups in total. The van der Waals surface area contributed by atoms with Crippen molar-refractivity contribution in [3.63, 3.8) is 0 Å². The van der Waals surface area contributed by atoms with Crippen LogP contribution in [0, 0.1) is 5.92 Å². The van der Waals surface area contributed by atoms with E-state index in [2.05, 4.69) is 29.4 Å². The maximum Gasteiger partial charge on any atom is 0.120 e. The molecule has 1 saturated heterocycles. The summed E-state index contributed by atoms with van der Waals surface area (Å²) < 4.78 is 6.11. The maximum atomic E-state index is 6.11. The summed E-state index contributed by atoms with van der Waals surface area (Å²) in [4.78, 5) is 4.33. The Labute approximate surface area is 114 Å². The molecule has 2 heterocycles. The molecule has 1 unspecified atom stereocenters. The van der Waals surface area contributed by atoms with Crippen molar-refractivity contribution in [2.75, 3.05) is 13.1 Å². The van der Waals surface area contributed by atoms with E-state index in [0.717, 1.165) is 29.7 Å². The molecule has 0 saturated carbocycles. The fourth-order valence-electron chi connectivity index (χ4n) is 2.75. The molecule has 0 spiro atoms. The van der Waals surface area contributed by atoms with Crippen molar-refractivity contribution in [2.45, 2.75) is 25.9 Å². The number of rotatable bonds is 3. The van der Waals surface area contributed by atoms with Crippen LogP contribution in [0.1, 0.15) is 19.8 Å². The molecule has 1 fully saturated rings. The summed E-state index contributed by atoms with van der Waals surface area (Å²) in [6.45, 7) is 4.41. The van der Waals surface area contributed by atoms with E-state index in [-0.39, 0.29) is 6.10 Å². The second-order valence-corrected chi connectivity index (χ2v) is 5.27. The van der Waals surface area contributed by atoms with Crippen LogP contribution in [0.3, 0.4) is 0 Å². The van der Waals surface area contributed by atoms with Gasteiger partial charge in [-0.15, -0.1) is 0 Å². The number of hydrogen-bond acceptors (Lipinski definition) is 3. The lowest BCUT2D eigenvalue weighted by Gasteiger charge is -2.28. The zero-order valence-electron chi connectivity index (χ0n) is 11.3. The predicted molar refractivity (Wildman–Crippen MR) is 77.4 cm³/mol. The van der Waals surface area contributed by atoms with Gasteiger partial charge in [0.15, 0.2) is 0 Å². The van der Waals surface area contributed by atoms with Crippen LogP contribution in [-0.2, 0) is 0 Å². The van der Waals surface area contributed by atoms with Crippen LogP contribution in [0.2, 0.25) is 0 Å². The van der Waals surface area contributed by atoms with Crippen LogP contribution < -0.4 is 10.1 Å². The summed E-state index contributed by atoms with van der Waals surface area (Å²) in [7, 11) is 0. The Morgan fingerprint density at radius 2 is 2.11 bits per heavy atom. The molecule has 3 nitrogen and oxygen atoms in total. The van der Waals surface area contributed by atoms with E-state index < -0.39 is 0 Å². The Hall–Kier alpha value is -1.61. The number of aromatic nitrogens is 1. The van der Waals surface area contributed by atoms with Crippen molar-refractivity contribution in [3.05, 3.63) is 36.5 Å². The molecule has 0 radical (unpaired) electrons. The van der Waals surface area contributed by atoms with E-state index in [1.54, 1.807) is 0 Å². The Bertz CT molecular complexity index is 549. The van der Waals surface area contributed by atoms with Gasteiger partial charge in [0.05, 0.1) is 11.6 Å². The largest absolute Gasteiger partial charge is 0.490 e. The van der Waals surface area contributed by atoms with Gasteiger partial charge in [0.25, 0.3) is 0 Å². The summed E-state index contributed by atoms with van der Waals surface area (Å²) in [5, 5.41) is 4.53. The first kappa shape index (κ1) is 12.4. The number of ether oxygens (including phenoxy) is 1. The first-order chi connectivity index (χ1) is 9.33. The van der Waals surface area contributed by atoms with Crippen molar-refractivity contribution >= 4 is 10.9 Å². The summed E-state index contributed by atoms with van der Waals surface area (Å²) in [5.41, 5.74) is 1.02. The normalized spacial score (nSPS) is 18.4. The fourth-order valence-corrected chi connectivity index (χ4v) is 2.75. The molecule has 1 aliphatic rings. The third-order valence-electron chi connectivity index (χ3n) is 3.94. The number of nitrogens with zero attached hydrogens (tertiary/aromatic N) is 1. The molecule has 0 bridgehead atoms. The Kier molecular flexibility index (Phi) is 3.65.